The highest BCUT2D eigenvalue weighted by molar-refractivity contribution is 5.83. The van der Waals surface area contributed by atoms with Crippen molar-refractivity contribution in [1.29, 1.82) is 0 Å². The SMILES string of the molecule is C[C@H](NC(=O)C1[C@H]2CN(C(=O)OC(C)(C)C)C[C@@H]12)c1ccccc1. The quantitative estimate of drug-likeness (QED) is 0.927. The summed E-state index contributed by atoms with van der Waals surface area (Å²) < 4.78 is 5.40. The van der Waals surface area contributed by atoms with Gasteiger partial charge in [0.1, 0.15) is 5.60 Å². The van der Waals surface area contributed by atoms with Crippen molar-refractivity contribution in [2.45, 2.75) is 39.3 Å². The first-order valence-electron chi connectivity index (χ1n) is 8.59. The van der Waals surface area contributed by atoms with Crippen LogP contribution in [0.3, 0.4) is 0 Å². The molecule has 1 aliphatic carbocycles. The Balaban J connectivity index is 1.49. The van der Waals surface area contributed by atoms with E-state index < -0.39 is 5.60 Å². The van der Waals surface area contributed by atoms with Gasteiger partial charge < -0.3 is 15.0 Å². The van der Waals surface area contributed by atoms with Crippen LogP contribution in [0.2, 0.25) is 0 Å². The third-order valence-corrected chi connectivity index (χ3v) is 4.81. The molecule has 1 heterocycles. The topological polar surface area (TPSA) is 58.6 Å². The molecule has 0 bridgehead atoms. The Morgan fingerprint density at radius 2 is 1.75 bits per heavy atom. The summed E-state index contributed by atoms with van der Waals surface area (Å²) in [5.41, 5.74) is 0.623. The van der Waals surface area contributed by atoms with Gasteiger partial charge in [-0.2, -0.15) is 0 Å². The summed E-state index contributed by atoms with van der Waals surface area (Å²) in [5, 5.41) is 3.10. The number of likely N-dealkylation sites (tertiary alicyclic amines) is 1. The highest BCUT2D eigenvalue weighted by atomic mass is 16.6. The van der Waals surface area contributed by atoms with Crippen LogP contribution in [-0.4, -0.2) is 35.6 Å². The number of amides is 2. The maximum atomic E-state index is 12.5. The number of rotatable bonds is 3. The molecule has 4 atom stereocenters. The van der Waals surface area contributed by atoms with Crippen molar-refractivity contribution in [3.63, 3.8) is 0 Å². The van der Waals surface area contributed by atoms with Gasteiger partial charge in [0, 0.05) is 19.0 Å². The molecule has 5 nitrogen and oxygen atoms in total. The molecule has 2 fully saturated rings. The van der Waals surface area contributed by atoms with Gasteiger partial charge in [-0.25, -0.2) is 4.79 Å². The number of hydrogen-bond acceptors (Lipinski definition) is 3. The summed E-state index contributed by atoms with van der Waals surface area (Å²) in [6, 6.07) is 9.95. The molecule has 1 aromatic rings. The van der Waals surface area contributed by atoms with E-state index in [1.54, 1.807) is 4.90 Å². The molecule has 3 rings (SSSR count). The Labute approximate surface area is 143 Å². The molecular weight excluding hydrogens is 304 g/mol. The van der Waals surface area contributed by atoms with Crippen LogP contribution in [0, 0.1) is 17.8 Å². The smallest absolute Gasteiger partial charge is 0.410 e. The summed E-state index contributed by atoms with van der Waals surface area (Å²) in [7, 11) is 0. The maximum absolute atomic E-state index is 12.5. The van der Waals surface area contributed by atoms with E-state index in [1.807, 2.05) is 58.0 Å². The Bertz CT molecular complexity index is 611. The van der Waals surface area contributed by atoms with Crippen LogP contribution in [0.15, 0.2) is 30.3 Å². The minimum atomic E-state index is -0.480. The number of nitrogens with one attached hydrogen (secondary N) is 1. The lowest BCUT2D eigenvalue weighted by molar-refractivity contribution is -0.123. The maximum Gasteiger partial charge on any atom is 0.410 e. The Kier molecular flexibility index (Phi) is 4.28. The average Bonchev–Trinajstić information content (AvgIpc) is 3.01. The summed E-state index contributed by atoms with van der Waals surface area (Å²) >= 11 is 0. The van der Waals surface area contributed by atoms with Crippen molar-refractivity contribution in [2.24, 2.45) is 17.8 Å². The van der Waals surface area contributed by atoms with Crippen LogP contribution in [0.5, 0.6) is 0 Å². The number of benzene rings is 1. The fourth-order valence-electron chi connectivity index (χ4n) is 3.53. The molecule has 0 radical (unpaired) electrons. The molecule has 1 aromatic carbocycles. The summed E-state index contributed by atoms with van der Waals surface area (Å²) in [6.45, 7) is 8.84. The fraction of sp³-hybridized carbons (Fsp3) is 0.579. The summed E-state index contributed by atoms with van der Waals surface area (Å²) in [4.78, 5) is 26.3. The normalized spacial score (nSPS) is 26.5. The molecule has 1 unspecified atom stereocenters. The van der Waals surface area contributed by atoms with Crippen LogP contribution in [0.1, 0.15) is 39.3 Å². The Hall–Kier alpha value is -2.04. The Morgan fingerprint density at radius 1 is 1.17 bits per heavy atom. The van der Waals surface area contributed by atoms with Crippen molar-refractivity contribution in [2.75, 3.05) is 13.1 Å². The van der Waals surface area contributed by atoms with E-state index in [1.165, 1.54) is 0 Å². The van der Waals surface area contributed by atoms with Gasteiger partial charge in [-0.1, -0.05) is 30.3 Å². The number of piperidine rings is 1. The van der Waals surface area contributed by atoms with Gasteiger partial charge in [-0.05, 0) is 45.1 Å². The second-order valence-electron chi connectivity index (χ2n) is 7.88. The zero-order valence-electron chi connectivity index (χ0n) is 14.8. The van der Waals surface area contributed by atoms with E-state index in [-0.39, 0.29) is 35.8 Å². The van der Waals surface area contributed by atoms with Crippen LogP contribution < -0.4 is 5.32 Å². The van der Waals surface area contributed by atoms with Gasteiger partial charge in [0.2, 0.25) is 5.91 Å². The van der Waals surface area contributed by atoms with Gasteiger partial charge >= 0.3 is 6.09 Å². The largest absolute Gasteiger partial charge is 0.444 e. The predicted octanol–water partition coefficient (Wildman–Crippen LogP) is 2.98. The summed E-state index contributed by atoms with van der Waals surface area (Å²) in [6.07, 6.45) is -0.272. The molecule has 1 saturated heterocycles. The van der Waals surface area contributed by atoms with Crippen molar-refractivity contribution in [1.82, 2.24) is 10.2 Å². The summed E-state index contributed by atoms with van der Waals surface area (Å²) in [5.74, 6) is 0.695. The third kappa shape index (κ3) is 3.55. The molecule has 2 amide bonds. The van der Waals surface area contributed by atoms with Crippen LogP contribution in [-0.2, 0) is 9.53 Å². The van der Waals surface area contributed by atoms with E-state index in [9.17, 15) is 9.59 Å². The van der Waals surface area contributed by atoms with Gasteiger partial charge in [-0.15, -0.1) is 0 Å². The minimum absolute atomic E-state index is 0.00184. The molecule has 1 N–H and O–H groups in total. The highest BCUT2D eigenvalue weighted by Gasteiger charge is 2.60. The van der Waals surface area contributed by atoms with Crippen LogP contribution in [0.4, 0.5) is 4.79 Å². The third-order valence-electron chi connectivity index (χ3n) is 4.81. The second kappa shape index (κ2) is 6.11. The van der Waals surface area contributed by atoms with Crippen LogP contribution in [0.25, 0.3) is 0 Å². The standard InChI is InChI=1S/C19H26N2O3/c1-12(13-8-6-5-7-9-13)20-17(22)16-14-10-21(11-15(14)16)18(23)24-19(2,3)4/h5-9,12,14-16H,10-11H2,1-4H3,(H,20,22)/t12-,14-,15+,16?/m0/s1. The highest BCUT2D eigenvalue weighted by Crippen LogP contribution is 2.52. The lowest BCUT2D eigenvalue weighted by atomic mass is 10.1. The van der Waals surface area contributed by atoms with Crippen molar-refractivity contribution in [3.05, 3.63) is 35.9 Å². The number of ether oxygens (including phenoxy) is 1. The number of carbonyl (C=O) groups excluding carboxylic acids is 2. The van der Waals surface area contributed by atoms with Crippen molar-refractivity contribution < 1.29 is 14.3 Å². The van der Waals surface area contributed by atoms with E-state index in [0.717, 1.165) is 5.56 Å². The van der Waals surface area contributed by atoms with E-state index >= 15 is 0 Å². The first-order valence-corrected chi connectivity index (χ1v) is 8.59. The number of hydrogen-bond donors (Lipinski definition) is 1. The fourth-order valence-corrected chi connectivity index (χ4v) is 3.53. The molecule has 5 heteroatoms. The Morgan fingerprint density at radius 3 is 2.29 bits per heavy atom. The first-order chi connectivity index (χ1) is 11.3. The van der Waals surface area contributed by atoms with Crippen LogP contribution >= 0.6 is 0 Å². The van der Waals surface area contributed by atoms with Gasteiger partial charge in [-0.3, -0.25) is 4.79 Å². The molecule has 24 heavy (non-hydrogen) atoms. The number of nitrogens with zero attached hydrogens (tertiary/aromatic N) is 1. The van der Waals surface area contributed by atoms with Gasteiger partial charge in [0.05, 0.1) is 6.04 Å². The average molecular weight is 330 g/mol. The van der Waals surface area contributed by atoms with E-state index in [4.69, 9.17) is 4.74 Å². The van der Waals surface area contributed by atoms with Crippen molar-refractivity contribution >= 4 is 12.0 Å². The zero-order valence-corrected chi connectivity index (χ0v) is 14.8. The molecular formula is C19H26N2O3. The first kappa shape index (κ1) is 16.8. The number of carbonyl (C=O) groups is 2. The molecule has 0 spiro atoms. The number of fused-ring (bicyclic) bond motifs is 1. The van der Waals surface area contributed by atoms with E-state index in [2.05, 4.69) is 5.32 Å². The van der Waals surface area contributed by atoms with Gasteiger partial charge in [0.15, 0.2) is 0 Å². The molecule has 1 saturated carbocycles. The minimum Gasteiger partial charge on any atom is -0.444 e. The lowest BCUT2D eigenvalue weighted by Gasteiger charge is -2.26. The molecule has 130 valence electrons. The van der Waals surface area contributed by atoms with Crippen molar-refractivity contribution in [3.8, 4) is 0 Å². The lowest BCUT2D eigenvalue weighted by Crippen LogP contribution is -2.39. The predicted molar refractivity (Wildman–Crippen MR) is 91.3 cm³/mol. The monoisotopic (exact) mass is 330 g/mol. The van der Waals surface area contributed by atoms with Gasteiger partial charge in [0.25, 0.3) is 0 Å². The van der Waals surface area contributed by atoms with E-state index in [0.29, 0.717) is 13.1 Å². The zero-order chi connectivity index (χ0) is 17.5. The second-order valence-corrected chi connectivity index (χ2v) is 7.88. The molecule has 1 aliphatic heterocycles. The molecule has 0 aromatic heterocycles. The molecule has 2 aliphatic rings.